The first kappa shape index (κ1) is 42.8. The van der Waals surface area contributed by atoms with E-state index in [1.165, 1.54) is 108 Å². The minimum absolute atomic E-state index is 0.0162. The molecule has 67 heavy (non-hydrogen) atoms. The molecule has 8 aromatic carbocycles. The van der Waals surface area contributed by atoms with Gasteiger partial charge in [0.1, 0.15) is 11.2 Å². The van der Waals surface area contributed by atoms with Gasteiger partial charge in [0.05, 0.1) is 5.69 Å². The van der Waals surface area contributed by atoms with Gasteiger partial charge in [0.25, 0.3) is 6.71 Å². The van der Waals surface area contributed by atoms with Crippen LogP contribution in [0.5, 0.6) is 0 Å². The molecule has 1 aromatic heterocycles. The Kier molecular flexibility index (Phi) is 10.8. The molecule has 0 N–H and O–H groups in total. The lowest BCUT2D eigenvalue weighted by Crippen LogP contribution is -2.61. The molecular formula is C63H61BN2O. The summed E-state index contributed by atoms with van der Waals surface area (Å²) in [7, 11) is 0. The Bertz CT molecular complexity index is 3320. The normalized spacial score (nSPS) is 13.5. The standard InChI is InChI=1S/C63H61BN2O/c1-9-11-16-43-21-32-55(51(35-43)47-24-22-46(23-25-47)45-17-13-12-14-18-45)66-57-39-61-52(50-30-19-41(4)34-60(50)67-61)38-54(57)64-53-33-40(3)20-31-56(53)65(49-28-26-44(27-29-49)42(5)15-10-2)58-36-48(63(6,7)8)37-59(66)62(58)64/h12-14,17-39,42H,9-11,15-16H2,1-8H3. The lowest BCUT2D eigenvalue weighted by Gasteiger charge is -2.45. The number of fused-ring (bicyclic) bond motifs is 7. The van der Waals surface area contributed by atoms with E-state index in [1.807, 2.05) is 0 Å². The number of nitrogens with zero attached hydrogens (tertiary/aromatic N) is 2. The molecule has 3 heterocycles. The van der Waals surface area contributed by atoms with Crippen molar-refractivity contribution in [1.82, 2.24) is 0 Å². The summed E-state index contributed by atoms with van der Waals surface area (Å²) in [6, 6.07) is 60.3. The fraction of sp³-hybridized carbons (Fsp3) is 0.238. The summed E-state index contributed by atoms with van der Waals surface area (Å²) in [5, 5.41) is 2.31. The molecule has 2 aliphatic rings. The van der Waals surface area contributed by atoms with Crippen LogP contribution in [0.25, 0.3) is 44.2 Å². The quantitative estimate of drug-likeness (QED) is 0.128. The highest BCUT2D eigenvalue weighted by atomic mass is 16.3. The fourth-order valence-electron chi connectivity index (χ4n) is 11.0. The molecule has 0 aliphatic carbocycles. The number of benzene rings is 8. The zero-order valence-corrected chi connectivity index (χ0v) is 40.5. The van der Waals surface area contributed by atoms with Crippen LogP contribution in [-0.2, 0) is 11.8 Å². The maximum absolute atomic E-state index is 6.86. The van der Waals surface area contributed by atoms with Crippen LogP contribution in [0.15, 0.2) is 162 Å². The van der Waals surface area contributed by atoms with Gasteiger partial charge in [0.15, 0.2) is 0 Å². The second-order valence-electron chi connectivity index (χ2n) is 20.5. The third-order valence-electron chi connectivity index (χ3n) is 14.7. The monoisotopic (exact) mass is 872 g/mol. The molecule has 0 fully saturated rings. The Balaban J connectivity index is 1.22. The van der Waals surface area contributed by atoms with E-state index in [4.69, 9.17) is 4.42 Å². The van der Waals surface area contributed by atoms with E-state index in [1.54, 1.807) is 0 Å². The van der Waals surface area contributed by atoms with Crippen molar-refractivity contribution in [2.24, 2.45) is 0 Å². The second-order valence-corrected chi connectivity index (χ2v) is 20.5. The summed E-state index contributed by atoms with van der Waals surface area (Å²) >= 11 is 0. The predicted molar refractivity (Wildman–Crippen MR) is 289 cm³/mol. The molecule has 11 rings (SSSR count). The van der Waals surface area contributed by atoms with Crippen molar-refractivity contribution < 1.29 is 4.42 Å². The first-order valence-corrected chi connectivity index (χ1v) is 24.7. The number of anilines is 6. The molecule has 4 heteroatoms. The molecule has 2 aliphatic heterocycles. The maximum atomic E-state index is 6.86. The number of rotatable bonds is 10. The molecule has 332 valence electrons. The van der Waals surface area contributed by atoms with Crippen molar-refractivity contribution >= 4 is 79.2 Å². The van der Waals surface area contributed by atoms with Gasteiger partial charge in [-0.2, -0.15) is 0 Å². The molecule has 3 nitrogen and oxygen atoms in total. The summed E-state index contributed by atoms with van der Waals surface area (Å²) in [5.74, 6) is 0.513. The number of unbranched alkanes of at least 4 members (excludes halogenated alkanes) is 1. The van der Waals surface area contributed by atoms with Gasteiger partial charge in [-0.05, 0) is 148 Å². The van der Waals surface area contributed by atoms with Crippen molar-refractivity contribution in [3.05, 3.63) is 186 Å². The molecular weight excluding hydrogens is 812 g/mol. The van der Waals surface area contributed by atoms with Crippen LogP contribution in [0.1, 0.15) is 101 Å². The maximum Gasteiger partial charge on any atom is 0.252 e. The molecule has 0 saturated heterocycles. The Hall–Kier alpha value is -6.78. The molecule has 1 unspecified atom stereocenters. The van der Waals surface area contributed by atoms with Crippen LogP contribution in [0.3, 0.4) is 0 Å². The minimum Gasteiger partial charge on any atom is -0.456 e. The van der Waals surface area contributed by atoms with Crippen LogP contribution >= 0.6 is 0 Å². The second kappa shape index (κ2) is 16.8. The number of hydrogen-bond donors (Lipinski definition) is 0. The Labute approximate surface area is 398 Å². The first-order valence-electron chi connectivity index (χ1n) is 24.7. The van der Waals surface area contributed by atoms with Gasteiger partial charge in [-0.1, -0.05) is 163 Å². The van der Waals surface area contributed by atoms with E-state index < -0.39 is 0 Å². The number of hydrogen-bond acceptors (Lipinski definition) is 3. The van der Waals surface area contributed by atoms with E-state index in [0.29, 0.717) is 5.92 Å². The molecule has 0 spiro atoms. The fourth-order valence-corrected chi connectivity index (χ4v) is 11.0. The van der Waals surface area contributed by atoms with E-state index in [-0.39, 0.29) is 12.1 Å². The molecule has 9 aromatic rings. The minimum atomic E-state index is -0.133. The summed E-state index contributed by atoms with van der Waals surface area (Å²) in [4.78, 5) is 5.18. The SMILES string of the molecule is CCCCc1ccc(N2c3cc4oc5cc(C)ccc5c4cc3B3c4cc(C)ccc4N(c4ccc(C(C)CCC)cc4)c4cc(C(C)(C)C)cc2c43)c(-c2ccc(-c3ccccc3)cc2)c1. The molecule has 0 radical (unpaired) electrons. The largest absolute Gasteiger partial charge is 0.456 e. The molecule has 1 atom stereocenters. The smallest absolute Gasteiger partial charge is 0.252 e. The Morgan fingerprint density at radius 1 is 0.552 bits per heavy atom. The van der Waals surface area contributed by atoms with Gasteiger partial charge in [-0.3, -0.25) is 0 Å². The van der Waals surface area contributed by atoms with E-state index in [2.05, 4.69) is 223 Å². The summed E-state index contributed by atoms with van der Waals surface area (Å²) in [6.07, 6.45) is 5.70. The lowest BCUT2D eigenvalue weighted by molar-refractivity contribution is 0.590. The van der Waals surface area contributed by atoms with Crippen molar-refractivity contribution in [2.45, 2.75) is 98.8 Å². The van der Waals surface area contributed by atoms with Crippen LogP contribution < -0.4 is 26.2 Å². The topological polar surface area (TPSA) is 19.6 Å². The van der Waals surface area contributed by atoms with Crippen molar-refractivity contribution in [1.29, 1.82) is 0 Å². The first-order chi connectivity index (χ1) is 32.5. The van der Waals surface area contributed by atoms with Crippen molar-refractivity contribution in [3.8, 4) is 22.3 Å². The lowest BCUT2D eigenvalue weighted by atomic mass is 9.33. The highest BCUT2D eigenvalue weighted by Crippen LogP contribution is 2.49. The van der Waals surface area contributed by atoms with E-state index in [9.17, 15) is 0 Å². The van der Waals surface area contributed by atoms with Crippen molar-refractivity contribution in [3.63, 3.8) is 0 Å². The van der Waals surface area contributed by atoms with Crippen molar-refractivity contribution in [2.75, 3.05) is 9.80 Å². The molecule has 0 amide bonds. The van der Waals surface area contributed by atoms with Gasteiger partial charge in [0, 0.05) is 50.8 Å². The Morgan fingerprint density at radius 3 is 1.94 bits per heavy atom. The van der Waals surface area contributed by atoms with Gasteiger partial charge in [-0.25, -0.2) is 0 Å². The Morgan fingerprint density at radius 2 is 1.21 bits per heavy atom. The van der Waals surface area contributed by atoms with Crippen LogP contribution in [0.2, 0.25) is 0 Å². The highest BCUT2D eigenvalue weighted by molar-refractivity contribution is 7.00. The predicted octanol–water partition coefficient (Wildman–Crippen LogP) is 16.2. The van der Waals surface area contributed by atoms with Crippen LogP contribution in [0, 0.1) is 13.8 Å². The zero-order valence-electron chi connectivity index (χ0n) is 40.5. The van der Waals surface area contributed by atoms with E-state index >= 15 is 0 Å². The average molecular weight is 873 g/mol. The van der Waals surface area contributed by atoms with E-state index in [0.717, 1.165) is 46.9 Å². The molecule has 0 saturated carbocycles. The van der Waals surface area contributed by atoms with Gasteiger partial charge >= 0.3 is 0 Å². The summed E-state index contributed by atoms with van der Waals surface area (Å²) < 4.78 is 6.86. The third kappa shape index (κ3) is 7.46. The number of aryl methyl sites for hydroxylation is 3. The van der Waals surface area contributed by atoms with Gasteiger partial charge in [0.2, 0.25) is 0 Å². The van der Waals surface area contributed by atoms with Gasteiger partial charge < -0.3 is 14.2 Å². The molecule has 0 bridgehead atoms. The van der Waals surface area contributed by atoms with Gasteiger partial charge in [-0.15, -0.1) is 0 Å². The third-order valence-corrected chi connectivity index (χ3v) is 14.7. The van der Waals surface area contributed by atoms with Crippen LogP contribution in [-0.4, -0.2) is 6.71 Å². The highest BCUT2D eigenvalue weighted by Gasteiger charge is 2.45. The zero-order chi connectivity index (χ0) is 46.1. The van der Waals surface area contributed by atoms with Crippen LogP contribution in [0.4, 0.5) is 34.1 Å². The average Bonchev–Trinajstić information content (AvgIpc) is 3.69. The summed E-state index contributed by atoms with van der Waals surface area (Å²) in [5.41, 5.74) is 24.3. The number of furan rings is 1. The summed E-state index contributed by atoms with van der Waals surface area (Å²) in [6.45, 7) is 18.4.